The third-order valence-corrected chi connectivity index (χ3v) is 4.11. The van der Waals surface area contributed by atoms with E-state index in [1.54, 1.807) is 11.8 Å². The fraction of sp³-hybridized carbons (Fsp3) is 0.688. The number of nitrogens with zero attached hydrogens (tertiary/aromatic N) is 5. The van der Waals surface area contributed by atoms with Crippen molar-refractivity contribution in [1.29, 1.82) is 0 Å². The van der Waals surface area contributed by atoms with E-state index in [-0.39, 0.29) is 31.0 Å². The third-order valence-electron chi connectivity index (χ3n) is 4.11. The lowest BCUT2D eigenvalue weighted by atomic mass is 9.97. The van der Waals surface area contributed by atoms with Crippen molar-refractivity contribution in [2.75, 3.05) is 19.7 Å². The van der Waals surface area contributed by atoms with Crippen molar-refractivity contribution in [3.63, 3.8) is 0 Å². The number of amides is 1. The Bertz CT molecular complexity index is 711. The maximum absolute atomic E-state index is 12.4. The van der Waals surface area contributed by atoms with E-state index in [2.05, 4.69) is 20.3 Å². The van der Waals surface area contributed by atoms with Crippen LogP contribution in [0.3, 0.4) is 0 Å². The fourth-order valence-corrected chi connectivity index (χ4v) is 2.78. The molecule has 0 N–H and O–H groups in total. The lowest BCUT2D eigenvalue weighted by molar-refractivity contribution is -0.138. The highest BCUT2D eigenvalue weighted by molar-refractivity contribution is 5.77. The van der Waals surface area contributed by atoms with E-state index in [0.29, 0.717) is 36.5 Å². The SMILES string of the molecule is Cc1noc(COCC(=O)N2CCC[C@H](c3noc(C(C)C)n3)C2)n1. The summed E-state index contributed by atoms with van der Waals surface area (Å²) in [4.78, 5) is 22.6. The van der Waals surface area contributed by atoms with E-state index in [9.17, 15) is 4.79 Å². The molecule has 0 spiro atoms. The number of hydrogen-bond acceptors (Lipinski definition) is 8. The number of rotatable bonds is 6. The van der Waals surface area contributed by atoms with Crippen molar-refractivity contribution in [3.05, 3.63) is 23.4 Å². The second kappa shape index (κ2) is 7.73. The summed E-state index contributed by atoms with van der Waals surface area (Å²) >= 11 is 0. The molecule has 1 aliphatic heterocycles. The van der Waals surface area contributed by atoms with Crippen molar-refractivity contribution in [1.82, 2.24) is 25.2 Å². The first-order valence-electron chi connectivity index (χ1n) is 8.51. The number of carbonyl (C=O) groups excluding carboxylic acids is 1. The molecule has 136 valence electrons. The van der Waals surface area contributed by atoms with Gasteiger partial charge >= 0.3 is 0 Å². The van der Waals surface area contributed by atoms with Gasteiger partial charge in [-0.15, -0.1) is 0 Å². The van der Waals surface area contributed by atoms with Crippen molar-refractivity contribution in [3.8, 4) is 0 Å². The molecule has 1 atom stereocenters. The van der Waals surface area contributed by atoms with Crippen LogP contribution in [-0.4, -0.2) is 50.8 Å². The minimum absolute atomic E-state index is 0.0162. The molecule has 0 unspecified atom stereocenters. The molecular weight excluding hydrogens is 326 g/mol. The number of hydrogen-bond donors (Lipinski definition) is 0. The first-order valence-corrected chi connectivity index (χ1v) is 8.51. The van der Waals surface area contributed by atoms with Gasteiger partial charge in [-0.1, -0.05) is 24.2 Å². The van der Waals surface area contributed by atoms with E-state index in [0.717, 1.165) is 12.8 Å². The largest absolute Gasteiger partial charge is 0.362 e. The molecule has 3 rings (SSSR count). The third kappa shape index (κ3) is 4.41. The summed E-state index contributed by atoms with van der Waals surface area (Å²) in [5, 5.41) is 7.75. The lowest BCUT2D eigenvalue weighted by Crippen LogP contribution is -2.41. The van der Waals surface area contributed by atoms with Crippen LogP contribution in [-0.2, 0) is 16.1 Å². The molecule has 9 nitrogen and oxygen atoms in total. The quantitative estimate of drug-likeness (QED) is 0.777. The molecular formula is C16H23N5O4. The van der Waals surface area contributed by atoms with Gasteiger partial charge in [-0.3, -0.25) is 4.79 Å². The summed E-state index contributed by atoms with van der Waals surface area (Å²) < 4.78 is 15.6. The Hall–Kier alpha value is -2.29. The maximum Gasteiger partial charge on any atom is 0.252 e. The number of carbonyl (C=O) groups is 1. The van der Waals surface area contributed by atoms with Gasteiger partial charge in [0.25, 0.3) is 5.89 Å². The van der Waals surface area contributed by atoms with Crippen molar-refractivity contribution in [2.45, 2.75) is 52.1 Å². The van der Waals surface area contributed by atoms with E-state index >= 15 is 0 Å². The first kappa shape index (κ1) is 17.5. The zero-order valence-corrected chi connectivity index (χ0v) is 14.8. The van der Waals surface area contributed by atoms with Crippen LogP contribution in [0, 0.1) is 6.92 Å². The van der Waals surface area contributed by atoms with Gasteiger partial charge in [0.05, 0.1) is 0 Å². The van der Waals surface area contributed by atoms with Crippen LogP contribution < -0.4 is 0 Å². The van der Waals surface area contributed by atoms with Crippen LogP contribution in [0.5, 0.6) is 0 Å². The Morgan fingerprint density at radius 1 is 1.32 bits per heavy atom. The summed E-state index contributed by atoms with van der Waals surface area (Å²) in [5.41, 5.74) is 0. The van der Waals surface area contributed by atoms with Gasteiger partial charge in [0.15, 0.2) is 11.6 Å². The van der Waals surface area contributed by atoms with E-state index in [4.69, 9.17) is 13.8 Å². The van der Waals surface area contributed by atoms with E-state index in [1.165, 1.54) is 0 Å². The number of aryl methyl sites for hydroxylation is 1. The van der Waals surface area contributed by atoms with Crippen molar-refractivity contribution < 1.29 is 18.6 Å². The minimum atomic E-state index is -0.0616. The predicted octanol–water partition coefficient (Wildman–Crippen LogP) is 1.81. The lowest BCUT2D eigenvalue weighted by Gasteiger charge is -2.31. The Labute approximate surface area is 145 Å². The molecule has 3 heterocycles. The molecule has 1 amide bonds. The summed E-state index contributed by atoms with van der Waals surface area (Å²) in [6, 6.07) is 0. The number of piperidine rings is 1. The minimum Gasteiger partial charge on any atom is -0.362 e. The van der Waals surface area contributed by atoms with Crippen LogP contribution in [0.4, 0.5) is 0 Å². The van der Waals surface area contributed by atoms with Crippen LogP contribution >= 0.6 is 0 Å². The van der Waals surface area contributed by atoms with E-state index < -0.39 is 0 Å². The molecule has 2 aromatic rings. The molecule has 2 aromatic heterocycles. The molecule has 25 heavy (non-hydrogen) atoms. The van der Waals surface area contributed by atoms with Crippen molar-refractivity contribution in [2.24, 2.45) is 0 Å². The standard InChI is InChI=1S/C16H23N5O4/c1-10(2)16-18-15(20-25-16)12-5-4-6-21(7-12)14(22)9-23-8-13-17-11(3)19-24-13/h10,12H,4-9H2,1-3H3/t12-/m0/s1. The molecule has 0 aromatic carbocycles. The summed E-state index contributed by atoms with van der Waals surface area (Å²) in [7, 11) is 0. The van der Waals surface area contributed by atoms with Gasteiger partial charge in [0.2, 0.25) is 11.8 Å². The normalized spacial score (nSPS) is 18.1. The Kier molecular flexibility index (Phi) is 5.42. The summed E-state index contributed by atoms with van der Waals surface area (Å²) in [6.45, 7) is 7.16. The highest BCUT2D eigenvalue weighted by Crippen LogP contribution is 2.26. The van der Waals surface area contributed by atoms with Crippen LogP contribution in [0.1, 0.15) is 62.0 Å². The average molecular weight is 349 g/mol. The first-order chi connectivity index (χ1) is 12.0. The van der Waals surface area contributed by atoms with Crippen molar-refractivity contribution >= 4 is 5.91 Å². The second-order valence-electron chi connectivity index (χ2n) is 6.55. The zero-order valence-electron chi connectivity index (χ0n) is 14.8. The highest BCUT2D eigenvalue weighted by atomic mass is 16.5. The zero-order chi connectivity index (χ0) is 17.8. The van der Waals surface area contributed by atoms with Gasteiger partial charge in [0.1, 0.15) is 13.2 Å². The van der Waals surface area contributed by atoms with E-state index in [1.807, 2.05) is 13.8 Å². The molecule has 9 heteroatoms. The summed E-state index contributed by atoms with van der Waals surface area (Å²) in [6.07, 6.45) is 1.85. The van der Waals surface area contributed by atoms with Gasteiger partial charge in [0, 0.05) is 24.9 Å². The monoisotopic (exact) mass is 349 g/mol. The molecule has 0 bridgehead atoms. The average Bonchev–Trinajstić information content (AvgIpc) is 3.24. The van der Waals surface area contributed by atoms with Crippen LogP contribution in [0.15, 0.2) is 9.05 Å². The molecule has 0 radical (unpaired) electrons. The van der Waals surface area contributed by atoms with Gasteiger partial charge in [-0.05, 0) is 19.8 Å². The fourth-order valence-electron chi connectivity index (χ4n) is 2.78. The molecule has 1 aliphatic rings. The number of ether oxygens (including phenoxy) is 1. The Balaban J connectivity index is 1.50. The molecule has 1 saturated heterocycles. The Morgan fingerprint density at radius 3 is 2.84 bits per heavy atom. The topological polar surface area (TPSA) is 107 Å². The van der Waals surface area contributed by atoms with Crippen LogP contribution in [0.2, 0.25) is 0 Å². The Morgan fingerprint density at radius 2 is 2.16 bits per heavy atom. The highest BCUT2D eigenvalue weighted by Gasteiger charge is 2.28. The number of likely N-dealkylation sites (tertiary alicyclic amines) is 1. The summed E-state index contributed by atoms with van der Waals surface area (Å²) in [5.74, 6) is 2.48. The molecule has 0 aliphatic carbocycles. The second-order valence-corrected chi connectivity index (χ2v) is 6.55. The van der Waals surface area contributed by atoms with Crippen LogP contribution in [0.25, 0.3) is 0 Å². The molecule has 1 fully saturated rings. The smallest absolute Gasteiger partial charge is 0.252 e. The number of aromatic nitrogens is 4. The maximum atomic E-state index is 12.4. The molecule has 0 saturated carbocycles. The predicted molar refractivity (Wildman–Crippen MR) is 85.6 cm³/mol. The van der Waals surface area contributed by atoms with Gasteiger partial charge in [-0.2, -0.15) is 9.97 Å². The van der Waals surface area contributed by atoms with Gasteiger partial charge in [-0.25, -0.2) is 0 Å². The van der Waals surface area contributed by atoms with Gasteiger partial charge < -0.3 is 18.7 Å².